The molecule has 338 valence electrons. The zero-order valence-corrected chi connectivity index (χ0v) is 37.1. The number of urea groups is 1. The van der Waals surface area contributed by atoms with E-state index >= 15 is 0 Å². The molecule has 65 heavy (non-hydrogen) atoms. The fourth-order valence-corrected chi connectivity index (χ4v) is 9.29. The van der Waals surface area contributed by atoms with Crippen molar-refractivity contribution in [3.8, 4) is 29.1 Å². The van der Waals surface area contributed by atoms with Crippen molar-refractivity contribution in [2.24, 2.45) is 5.92 Å². The number of nitrogens with zero attached hydrogens (tertiary/aromatic N) is 6. The number of fused-ring (bicyclic) bond motifs is 1. The highest BCUT2D eigenvalue weighted by Crippen LogP contribution is 2.41. The van der Waals surface area contributed by atoms with Gasteiger partial charge in [0, 0.05) is 82.3 Å². The number of methoxy groups -OCH3 is 1. The molecule has 4 aliphatic heterocycles. The van der Waals surface area contributed by atoms with E-state index in [1.807, 2.05) is 31.2 Å². The zero-order valence-electron chi connectivity index (χ0n) is 37.1. The van der Waals surface area contributed by atoms with Crippen LogP contribution in [0.2, 0.25) is 0 Å². The van der Waals surface area contributed by atoms with Crippen molar-refractivity contribution in [3.05, 3.63) is 101 Å². The number of hydrogen-bond acceptors (Lipinski definition) is 13. The summed E-state index contributed by atoms with van der Waals surface area (Å²) in [5, 5.41) is 23.8. The number of piperazine rings is 1. The number of imide groups is 2. The first-order valence-corrected chi connectivity index (χ1v) is 22.3. The van der Waals surface area contributed by atoms with Crippen molar-refractivity contribution in [1.29, 1.82) is 10.7 Å². The van der Waals surface area contributed by atoms with E-state index in [1.54, 1.807) is 56.6 Å². The van der Waals surface area contributed by atoms with E-state index in [-0.39, 0.29) is 37.0 Å². The van der Waals surface area contributed by atoms with Gasteiger partial charge in [-0.25, -0.2) is 4.79 Å². The molecule has 4 aliphatic rings. The van der Waals surface area contributed by atoms with Crippen LogP contribution in [0.15, 0.2) is 78.9 Å². The molecule has 16 nitrogen and oxygen atoms in total. The van der Waals surface area contributed by atoms with Crippen molar-refractivity contribution in [2.75, 3.05) is 88.2 Å². The van der Waals surface area contributed by atoms with E-state index in [4.69, 9.17) is 19.6 Å². The number of nitrogens with one attached hydrogen (secondary N) is 3. The first kappa shape index (κ1) is 44.5. The normalized spacial score (nSPS) is 17.4. The molecule has 1 atom stereocenters. The van der Waals surface area contributed by atoms with Gasteiger partial charge in [-0.1, -0.05) is 12.1 Å². The topological polar surface area (TPSA) is 184 Å². The highest BCUT2D eigenvalue weighted by molar-refractivity contribution is 6.24. The Morgan fingerprint density at radius 3 is 2.32 bits per heavy atom. The van der Waals surface area contributed by atoms with Gasteiger partial charge in [-0.2, -0.15) is 5.26 Å². The lowest BCUT2D eigenvalue weighted by molar-refractivity contribution is -0.121. The Bertz CT molecular complexity index is 2490. The Hall–Kier alpha value is -7.12. The SMILES string of the molecule is CCOc1cc(C(CC#N)N2C(=O)c3cccc(N4CCC(CCN5CCN(c6ccc(Oc7ccc(C(=N)N8CCC(=O)NC8=O)c(NC)c7)cc6)CC5)CC4)c3C2=O)ccc1OC. The van der Waals surface area contributed by atoms with Gasteiger partial charge in [0.2, 0.25) is 5.91 Å². The monoisotopic (exact) mass is 881 g/mol. The molecule has 0 saturated carbocycles. The number of benzene rings is 4. The molecule has 5 amide bonds. The summed E-state index contributed by atoms with van der Waals surface area (Å²) in [4.78, 5) is 61.7. The summed E-state index contributed by atoms with van der Waals surface area (Å²) in [5.41, 5.74) is 4.48. The van der Waals surface area contributed by atoms with Gasteiger partial charge in [0.1, 0.15) is 17.3 Å². The first-order chi connectivity index (χ1) is 31.6. The van der Waals surface area contributed by atoms with E-state index in [9.17, 15) is 24.4 Å². The van der Waals surface area contributed by atoms with Crippen LogP contribution < -0.4 is 34.6 Å². The van der Waals surface area contributed by atoms with Crippen molar-refractivity contribution < 1.29 is 33.4 Å². The average Bonchev–Trinajstić information content (AvgIpc) is 3.58. The number of carbonyl (C=O) groups excluding carboxylic acids is 4. The molecule has 3 N–H and O–H groups in total. The van der Waals surface area contributed by atoms with Crippen LogP contribution in [0, 0.1) is 22.7 Å². The second-order valence-corrected chi connectivity index (χ2v) is 16.6. The lowest BCUT2D eigenvalue weighted by Gasteiger charge is -2.38. The third-order valence-corrected chi connectivity index (χ3v) is 12.9. The summed E-state index contributed by atoms with van der Waals surface area (Å²) in [6.07, 6.45) is 3.19. The number of ether oxygens (including phenoxy) is 3. The zero-order chi connectivity index (χ0) is 45.6. The average molecular weight is 882 g/mol. The third kappa shape index (κ3) is 9.42. The highest BCUT2D eigenvalue weighted by Gasteiger charge is 2.43. The van der Waals surface area contributed by atoms with Crippen LogP contribution >= 0.6 is 0 Å². The van der Waals surface area contributed by atoms with Crippen molar-refractivity contribution in [2.45, 2.75) is 45.1 Å². The summed E-state index contributed by atoms with van der Waals surface area (Å²) in [7, 11) is 3.30. The van der Waals surface area contributed by atoms with Crippen LogP contribution in [-0.4, -0.2) is 117 Å². The summed E-state index contributed by atoms with van der Waals surface area (Å²) >= 11 is 0. The van der Waals surface area contributed by atoms with Crippen LogP contribution in [0.5, 0.6) is 23.0 Å². The molecule has 8 rings (SSSR count). The van der Waals surface area contributed by atoms with Crippen molar-refractivity contribution in [3.63, 3.8) is 0 Å². The first-order valence-electron chi connectivity index (χ1n) is 22.3. The number of carbonyl (C=O) groups is 4. The van der Waals surface area contributed by atoms with Gasteiger partial charge in [0.25, 0.3) is 11.8 Å². The molecule has 16 heteroatoms. The van der Waals surface area contributed by atoms with Crippen LogP contribution in [0.3, 0.4) is 0 Å². The number of anilines is 3. The van der Waals surface area contributed by atoms with Gasteiger partial charge in [-0.15, -0.1) is 0 Å². The molecule has 4 heterocycles. The van der Waals surface area contributed by atoms with E-state index < -0.39 is 18.0 Å². The smallest absolute Gasteiger partial charge is 0.329 e. The maximum atomic E-state index is 14.2. The van der Waals surface area contributed by atoms with Crippen molar-refractivity contribution in [1.82, 2.24) is 20.0 Å². The molecule has 0 aliphatic carbocycles. The lowest BCUT2D eigenvalue weighted by Crippen LogP contribution is -2.51. The summed E-state index contributed by atoms with van der Waals surface area (Å²) in [6, 6.07) is 24.9. The number of amides is 5. The molecule has 3 saturated heterocycles. The summed E-state index contributed by atoms with van der Waals surface area (Å²) in [6.45, 7) is 8.84. The molecule has 0 radical (unpaired) electrons. The van der Waals surface area contributed by atoms with Gasteiger partial charge in [-0.3, -0.25) is 39.8 Å². The molecule has 0 spiro atoms. The van der Waals surface area contributed by atoms with Gasteiger partial charge >= 0.3 is 6.03 Å². The third-order valence-electron chi connectivity index (χ3n) is 12.9. The van der Waals surface area contributed by atoms with Gasteiger partial charge in [-0.05, 0) is 105 Å². The van der Waals surface area contributed by atoms with Crippen LogP contribution in [-0.2, 0) is 4.79 Å². The number of rotatable bonds is 15. The minimum absolute atomic E-state index is 0.00295. The Labute approximate surface area is 379 Å². The van der Waals surface area contributed by atoms with Crippen molar-refractivity contribution >= 4 is 46.7 Å². The fraction of sp³-hybridized carbons (Fsp3) is 0.388. The highest BCUT2D eigenvalue weighted by atomic mass is 16.5. The van der Waals surface area contributed by atoms with E-state index in [2.05, 4.69) is 43.5 Å². The van der Waals surface area contributed by atoms with E-state index in [0.717, 1.165) is 76.5 Å². The summed E-state index contributed by atoms with van der Waals surface area (Å²) in [5.74, 6) is 1.75. The molecule has 4 aromatic carbocycles. The van der Waals surface area contributed by atoms with Gasteiger partial charge in [0.15, 0.2) is 11.5 Å². The molecule has 0 bridgehead atoms. The number of hydrogen-bond donors (Lipinski definition) is 3. The van der Waals surface area contributed by atoms with Gasteiger partial charge in [0.05, 0.1) is 49.1 Å². The largest absolute Gasteiger partial charge is 0.493 e. The Morgan fingerprint density at radius 2 is 1.63 bits per heavy atom. The van der Waals surface area contributed by atoms with Gasteiger partial charge < -0.3 is 29.3 Å². The van der Waals surface area contributed by atoms with E-state index in [0.29, 0.717) is 63.5 Å². The quantitative estimate of drug-likeness (QED) is 0.0641. The Kier molecular flexibility index (Phi) is 13.5. The molecule has 0 aromatic heterocycles. The standard InChI is InChI=1S/C49H55N9O7/c1-4-64-43-30-33(8-15-42(43)63-3)40(16-21-50)58-47(60)38-6-5-7-41(45(38)48(58)61)56-23-18-32(19-24-56)17-22-54-26-28-55(29-27-54)34-9-11-35(12-10-34)65-36-13-14-37(39(31-36)52-2)46(51)57-25-20-44(59)53-49(57)62/h5-15,30-32,40,51-52H,4,16-20,22-29H2,1-3H3,(H,53,59,62). The predicted molar refractivity (Wildman–Crippen MR) is 246 cm³/mol. The second-order valence-electron chi connectivity index (χ2n) is 16.6. The second kappa shape index (κ2) is 19.7. The molecule has 3 fully saturated rings. The van der Waals surface area contributed by atoms with Crippen LogP contribution in [0.25, 0.3) is 0 Å². The number of amidine groups is 1. The van der Waals surface area contributed by atoms with Crippen LogP contribution in [0.4, 0.5) is 21.9 Å². The fourth-order valence-electron chi connectivity index (χ4n) is 9.29. The Balaban J connectivity index is 0.809. The molecular formula is C49H55N9O7. The van der Waals surface area contributed by atoms with Crippen LogP contribution in [0.1, 0.15) is 76.9 Å². The number of nitriles is 1. The Morgan fingerprint density at radius 1 is 0.877 bits per heavy atom. The molecule has 1 unspecified atom stereocenters. The minimum Gasteiger partial charge on any atom is -0.493 e. The minimum atomic E-state index is -0.777. The maximum Gasteiger partial charge on any atom is 0.329 e. The summed E-state index contributed by atoms with van der Waals surface area (Å²) < 4.78 is 17.4. The maximum absolute atomic E-state index is 14.2. The molecule has 4 aromatic rings. The number of piperidine rings is 1. The predicted octanol–water partition coefficient (Wildman–Crippen LogP) is 6.87. The molecular weight excluding hydrogens is 827 g/mol. The van der Waals surface area contributed by atoms with E-state index in [1.165, 1.54) is 9.80 Å². The lowest BCUT2D eigenvalue weighted by atomic mass is 9.92.